The number of para-hydroxylation sites is 1. The molecule has 0 atom stereocenters. The predicted molar refractivity (Wildman–Crippen MR) is 257 cm³/mol. The Hall–Kier alpha value is -6.44. The molecule has 0 heterocycles. The zero-order chi connectivity index (χ0) is 41.7. The Kier molecular flexibility index (Phi) is 8.33. The molecule has 0 bridgehead atoms. The second kappa shape index (κ2) is 13.5. The Morgan fingerprint density at radius 1 is 0.344 bits per heavy atom. The van der Waals surface area contributed by atoms with Crippen molar-refractivity contribution >= 4 is 17.1 Å². The summed E-state index contributed by atoms with van der Waals surface area (Å²) in [7, 11) is 0. The largest absolute Gasteiger partial charge is 0.310 e. The average Bonchev–Trinajstić information content (AvgIpc) is 3.71. The van der Waals surface area contributed by atoms with Crippen molar-refractivity contribution in [3.05, 3.63) is 233 Å². The number of benzene rings is 8. The van der Waals surface area contributed by atoms with Crippen LogP contribution in [0.1, 0.15) is 98.9 Å². The Balaban J connectivity index is 1.22. The van der Waals surface area contributed by atoms with Gasteiger partial charge in [0, 0.05) is 22.4 Å². The summed E-state index contributed by atoms with van der Waals surface area (Å²) in [4.78, 5) is 2.55. The van der Waals surface area contributed by atoms with Gasteiger partial charge < -0.3 is 4.90 Å². The van der Waals surface area contributed by atoms with Crippen molar-refractivity contribution in [2.45, 2.75) is 76.0 Å². The smallest absolute Gasteiger partial charge is 0.0714 e. The molecule has 0 aromatic heterocycles. The first-order valence-corrected chi connectivity index (χ1v) is 22.1. The van der Waals surface area contributed by atoms with Crippen LogP contribution in [0.15, 0.2) is 188 Å². The predicted octanol–water partition coefficient (Wildman–Crippen LogP) is 15.8. The van der Waals surface area contributed by atoms with E-state index in [0.717, 1.165) is 11.4 Å². The minimum absolute atomic E-state index is 0.0820. The van der Waals surface area contributed by atoms with Crippen molar-refractivity contribution in [2.24, 2.45) is 0 Å². The lowest BCUT2D eigenvalue weighted by atomic mass is 9.63. The van der Waals surface area contributed by atoms with Gasteiger partial charge in [0.2, 0.25) is 0 Å². The van der Waals surface area contributed by atoms with Gasteiger partial charge in [-0.3, -0.25) is 0 Å². The van der Waals surface area contributed by atoms with Gasteiger partial charge in [-0.2, -0.15) is 0 Å². The van der Waals surface area contributed by atoms with Crippen LogP contribution in [0.5, 0.6) is 0 Å². The topological polar surface area (TPSA) is 3.24 Å². The van der Waals surface area contributed by atoms with E-state index in [0.29, 0.717) is 0 Å². The molecule has 8 aromatic rings. The highest BCUT2D eigenvalue weighted by Gasteiger charge is 2.47. The fourth-order valence-electron chi connectivity index (χ4n) is 11.5. The third kappa shape index (κ3) is 5.52. The summed E-state index contributed by atoms with van der Waals surface area (Å²) < 4.78 is 0. The second-order valence-corrected chi connectivity index (χ2v) is 19.5. The van der Waals surface area contributed by atoms with Crippen molar-refractivity contribution in [2.75, 3.05) is 4.90 Å². The summed E-state index contributed by atoms with van der Waals surface area (Å²) in [6, 6.07) is 71.2. The van der Waals surface area contributed by atoms with Crippen LogP contribution in [-0.2, 0) is 21.7 Å². The van der Waals surface area contributed by atoms with Crippen molar-refractivity contribution in [3.63, 3.8) is 0 Å². The molecular formula is C60H53N. The molecule has 1 heteroatoms. The third-order valence-corrected chi connectivity index (χ3v) is 14.8. The van der Waals surface area contributed by atoms with Gasteiger partial charge in [0.05, 0.1) is 11.1 Å². The molecule has 11 rings (SSSR count). The van der Waals surface area contributed by atoms with Crippen LogP contribution >= 0.6 is 0 Å². The minimum Gasteiger partial charge on any atom is -0.310 e. The molecule has 0 spiro atoms. The fraction of sp³-hybridized carbons (Fsp3) is 0.200. The minimum atomic E-state index is -0.506. The van der Waals surface area contributed by atoms with Gasteiger partial charge in [0.25, 0.3) is 0 Å². The number of fused-ring (bicyclic) bond motifs is 7. The molecule has 0 radical (unpaired) electrons. The van der Waals surface area contributed by atoms with E-state index in [-0.39, 0.29) is 16.2 Å². The van der Waals surface area contributed by atoms with E-state index in [2.05, 4.69) is 234 Å². The van der Waals surface area contributed by atoms with Crippen molar-refractivity contribution in [1.82, 2.24) is 0 Å². The fourth-order valence-corrected chi connectivity index (χ4v) is 11.5. The molecule has 0 aliphatic heterocycles. The molecule has 0 unspecified atom stereocenters. The zero-order valence-corrected chi connectivity index (χ0v) is 36.3. The molecule has 3 aliphatic carbocycles. The van der Waals surface area contributed by atoms with Gasteiger partial charge in [0.1, 0.15) is 0 Å². The van der Waals surface area contributed by atoms with E-state index >= 15 is 0 Å². The number of rotatable bonds is 6. The van der Waals surface area contributed by atoms with Crippen molar-refractivity contribution in [3.8, 4) is 33.4 Å². The summed E-state index contributed by atoms with van der Waals surface area (Å²) >= 11 is 0. The second-order valence-electron chi connectivity index (χ2n) is 19.5. The normalized spacial score (nSPS) is 16.8. The Morgan fingerprint density at radius 2 is 0.885 bits per heavy atom. The van der Waals surface area contributed by atoms with E-state index in [4.69, 9.17) is 0 Å². The Bertz CT molecular complexity index is 2950. The van der Waals surface area contributed by atoms with Gasteiger partial charge >= 0.3 is 0 Å². The van der Waals surface area contributed by atoms with E-state index in [1.807, 2.05) is 0 Å². The first-order valence-electron chi connectivity index (χ1n) is 22.1. The van der Waals surface area contributed by atoms with Gasteiger partial charge in [0.15, 0.2) is 0 Å². The summed E-state index contributed by atoms with van der Waals surface area (Å²) in [6.07, 6.45) is 2.37. The maximum atomic E-state index is 2.55. The number of hydrogen-bond acceptors (Lipinski definition) is 1. The molecular weight excluding hydrogens is 735 g/mol. The third-order valence-electron chi connectivity index (χ3n) is 14.8. The van der Waals surface area contributed by atoms with Crippen LogP contribution in [0.2, 0.25) is 0 Å². The molecule has 1 nitrogen and oxygen atoms in total. The van der Waals surface area contributed by atoms with Crippen LogP contribution in [-0.4, -0.2) is 0 Å². The molecule has 0 N–H and O–H groups in total. The summed E-state index contributed by atoms with van der Waals surface area (Å²) in [5.74, 6) is 0. The molecule has 8 aromatic carbocycles. The van der Waals surface area contributed by atoms with Gasteiger partial charge in [-0.15, -0.1) is 0 Å². The average molecular weight is 788 g/mol. The number of hydrogen-bond donors (Lipinski definition) is 0. The van der Waals surface area contributed by atoms with Crippen LogP contribution < -0.4 is 4.90 Å². The van der Waals surface area contributed by atoms with E-state index < -0.39 is 5.41 Å². The SMILES string of the molecule is CC1(C)CCC(C)(C)c2cc(-c3cc4c(cc3N(c3ccccc3)c3ccc5c(c3)C(c3ccccc3)(c3ccccc3)c3ccccc3-5)C(C)(C)c3ccccc3-4)ccc21. The molecule has 0 saturated carbocycles. The van der Waals surface area contributed by atoms with Crippen LogP contribution in [0.4, 0.5) is 17.1 Å². The highest BCUT2D eigenvalue weighted by molar-refractivity contribution is 5.96. The maximum Gasteiger partial charge on any atom is 0.0714 e. The number of anilines is 3. The monoisotopic (exact) mass is 787 g/mol. The van der Waals surface area contributed by atoms with Gasteiger partial charge in [-0.25, -0.2) is 0 Å². The van der Waals surface area contributed by atoms with Crippen LogP contribution in [0.3, 0.4) is 0 Å². The summed E-state index contributed by atoms with van der Waals surface area (Å²) in [6.45, 7) is 14.5. The van der Waals surface area contributed by atoms with E-state index in [1.54, 1.807) is 0 Å². The molecule has 61 heavy (non-hydrogen) atoms. The summed E-state index contributed by atoms with van der Waals surface area (Å²) in [5.41, 5.74) is 21.7. The van der Waals surface area contributed by atoms with Crippen molar-refractivity contribution < 1.29 is 0 Å². The van der Waals surface area contributed by atoms with Gasteiger partial charge in [-0.05, 0) is 132 Å². The Labute approximate surface area is 362 Å². The zero-order valence-electron chi connectivity index (χ0n) is 36.3. The maximum absolute atomic E-state index is 2.55. The van der Waals surface area contributed by atoms with E-state index in [1.165, 1.54) is 96.4 Å². The molecule has 0 amide bonds. The van der Waals surface area contributed by atoms with Crippen molar-refractivity contribution in [1.29, 1.82) is 0 Å². The van der Waals surface area contributed by atoms with Crippen LogP contribution in [0, 0.1) is 0 Å². The highest BCUT2D eigenvalue weighted by atomic mass is 15.1. The molecule has 0 fully saturated rings. The van der Waals surface area contributed by atoms with Crippen LogP contribution in [0.25, 0.3) is 33.4 Å². The first-order chi connectivity index (χ1) is 29.5. The standard InChI is InChI=1S/C60H53N/c1-57(2)34-35-58(3,4)55-36-40(30-33-52(55)57)48-38-49-46-27-16-18-28-50(46)59(5,6)53(49)39-56(48)61(43-24-14-9-15-25-43)44-31-32-47-45-26-17-19-29-51(45)60(54(47)37-44,41-20-10-7-11-21-41)42-22-12-8-13-23-42/h7-33,36-39H,34-35H2,1-6H3. The lowest BCUT2D eigenvalue weighted by Gasteiger charge is -2.42. The lowest BCUT2D eigenvalue weighted by Crippen LogP contribution is -2.33. The quantitative estimate of drug-likeness (QED) is 0.162. The molecule has 3 aliphatic rings. The first kappa shape index (κ1) is 37.6. The molecule has 298 valence electrons. The summed E-state index contributed by atoms with van der Waals surface area (Å²) in [5, 5.41) is 0. The molecule has 0 saturated heterocycles. The lowest BCUT2D eigenvalue weighted by molar-refractivity contribution is 0.332. The number of nitrogens with zero attached hydrogens (tertiary/aromatic N) is 1. The highest BCUT2D eigenvalue weighted by Crippen LogP contribution is 2.59. The Morgan fingerprint density at radius 3 is 1.54 bits per heavy atom. The van der Waals surface area contributed by atoms with Gasteiger partial charge in [-0.1, -0.05) is 193 Å². The van der Waals surface area contributed by atoms with E-state index in [9.17, 15) is 0 Å².